The third kappa shape index (κ3) is 1.47. The normalized spacial score (nSPS) is 26.9. The summed E-state index contributed by atoms with van der Waals surface area (Å²) < 4.78 is 0. The predicted molar refractivity (Wildman–Crippen MR) is 52.8 cm³/mol. The largest absolute Gasteiger partial charge is 0.393 e. The van der Waals surface area contributed by atoms with Crippen LogP contribution in [0, 0.1) is 0 Å². The van der Waals surface area contributed by atoms with Crippen molar-refractivity contribution >= 4 is 11.8 Å². The molecular weight excluding hydrogens is 184 g/mol. The van der Waals surface area contributed by atoms with Crippen molar-refractivity contribution in [3.8, 4) is 0 Å². The summed E-state index contributed by atoms with van der Waals surface area (Å²) in [6.45, 7) is -0.190. The van der Waals surface area contributed by atoms with Gasteiger partial charge < -0.3 is 10.2 Å². The fraction of sp³-hybridized carbons (Fsp3) is 0.400. The molecule has 1 atom stereocenters. The molecule has 0 aliphatic carbocycles. The molecule has 2 N–H and O–H groups in total. The van der Waals surface area contributed by atoms with Crippen LogP contribution in [0.15, 0.2) is 29.2 Å². The van der Waals surface area contributed by atoms with E-state index in [0.717, 1.165) is 16.2 Å². The molecule has 2 nitrogen and oxygen atoms in total. The second kappa shape index (κ2) is 3.33. The van der Waals surface area contributed by atoms with Gasteiger partial charge in [-0.2, -0.15) is 0 Å². The van der Waals surface area contributed by atoms with Crippen LogP contribution in [0.5, 0.6) is 0 Å². The summed E-state index contributed by atoms with van der Waals surface area (Å²) in [6, 6.07) is 7.72. The predicted octanol–water partition coefficient (Wildman–Crippen LogP) is 1.36. The maximum Gasteiger partial charge on any atom is 0.114 e. The van der Waals surface area contributed by atoms with Crippen LogP contribution in [0.4, 0.5) is 0 Å². The number of rotatable bonds is 1. The summed E-state index contributed by atoms with van der Waals surface area (Å²) in [4.78, 5) is 1.09. The lowest BCUT2D eigenvalue weighted by Crippen LogP contribution is -2.33. The van der Waals surface area contributed by atoms with E-state index in [2.05, 4.69) is 0 Å². The van der Waals surface area contributed by atoms with E-state index in [-0.39, 0.29) is 6.61 Å². The van der Waals surface area contributed by atoms with Gasteiger partial charge in [-0.15, -0.1) is 11.8 Å². The number of benzene rings is 1. The van der Waals surface area contributed by atoms with Crippen LogP contribution in [0.25, 0.3) is 0 Å². The molecule has 0 spiro atoms. The number of aliphatic hydroxyl groups is 2. The van der Waals surface area contributed by atoms with Gasteiger partial charge >= 0.3 is 0 Å². The molecule has 1 aliphatic rings. The Bertz CT molecular complexity index is 314. The molecule has 0 saturated heterocycles. The minimum Gasteiger partial charge on any atom is -0.393 e. The van der Waals surface area contributed by atoms with E-state index in [1.54, 1.807) is 11.8 Å². The molecule has 0 bridgehead atoms. The minimum absolute atomic E-state index is 0.190. The Morgan fingerprint density at radius 2 is 2.15 bits per heavy atom. The number of thioether (sulfide) groups is 1. The molecule has 13 heavy (non-hydrogen) atoms. The SMILES string of the molecule is OCC1(O)CCSc2ccccc21. The minimum atomic E-state index is -1.01. The molecule has 1 aromatic carbocycles. The summed E-state index contributed by atoms with van der Waals surface area (Å²) in [7, 11) is 0. The molecular formula is C10H12O2S. The van der Waals surface area contributed by atoms with Crippen LogP contribution in [-0.4, -0.2) is 22.6 Å². The van der Waals surface area contributed by atoms with Crippen LogP contribution < -0.4 is 0 Å². The van der Waals surface area contributed by atoms with Crippen molar-refractivity contribution in [1.82, 2.24) is 0 Å². The van der Waals surface area contributed by atoms with Crippen LogP contribution >= 0.6 is 11.8 Å². The highest BCUT2D eigenvalue weighted by Gasteiger charge is 2.33. The quantitative estimate of drug-likeness (QED) is 0.712. The third-order valence-corrected chi connectivity index (χ3v) is 3.50. The Hall–Kier alpha value is -0.510. The summed E-state index contributed by atoms with van der Waals surface area (Å²) in [5.41, 5.74) is -0.143. The van der Waals surface area contributed by atoms with Crippen molar-refractivity contribution in [2.45, 2.75) is 16.9 Å². The molecule has 2 rings (SSSR count). The number of aliphatic hydroxyl groups excluding tert-OH is 1. The molecule has 1 aliphatic heterocycles. The summed E-state index contributed by atoms with van der Waals surface area (Å²) in [6.07, 6.45) is 0.630. The van der Waals surface area contributed by atoms with Gasteiger partial charge in [-0.25, -0.2) is 0 Å². The number of hydrogen-bond donors (Lipinski definition) is 2. The molecule has 70 valence electrons. The maximum atomic E-state index is 10.1. The zero-order valence-corrected chi connectivity index (χ0v) is 8.05. The lowest BCUT2D eigenvalue weighted by atomic mass is 9.91. The van der Waals surface area contributed by atoms with Gasteiger partial charge in [0.25, 0.3) is 0 Å². The van der Waals surface area contributed by atoms with E-state index < -0.39 is 5.60 Å². The first kappa shape index (κ1) is 9.06. The Morgan fingerprint density at radius 3 is 2.92 bits per heavy atom. The van der Waals surface area contributed by atoms with Crippen LogP contribution in [0.2, 0.25) is 0 Å². The highest BCUT2D eigenvalue weighted by Crippen LogP contribution is 2.39. The van der Waals surface area contributed by atoms with Crippen LogP contribution in [-0.2, 0) is 5.60 Å². The Kier molecular flexibility index (Phi) is 2.32. The highest BCUT2D eigenvalue weighted by atomic mass is 32.2. The Morgan fingerprint density at radius 1 is 1.38 bits per heavy atom. The second-order valence-electron chi connectivity index (χ2n) is 3.28. The molecule has 0 aromatic heterocycles. The fourth-order valence-corrected chi connectivity index (χ4v) is 2.85. The van der Waals surface area contributed by atoms with Gasteiger partial charge in [-0.3, -0.25) is 0 Å². The number of hydrogen-bond acceptors (Lipinski definition) is 3. The van der Waals surface area contributed by atoms with E-state index in [1.807, 2.05) is 24.3 Å². The van der Waals surface area contributed by atoms with Gasteiger partial charge in [-0.1, -0.05) is 18.2 Å². The first-order valence-corrected chi connectivity index (χ1v) is 5.30. The van der Waals surface area contributed by atoms with Gasteiger partial charge in [0.1, 0.15) is 5.60 Å². The summed E-state index contributed by atoms with van der Waals surface area (Å²) >= 11 is 1.74. The molecule has 1 unspecified atom stereocenters. The van der Waals surface area contributed by atoms with E-state index in [4.69, 9.17) is 5.11 Å². The van der Waals surface area contributed by atoms with Gasteiger partial charge in [0.05, 0.1) is 6.61 Å². The maximum absolute atomic E-state index is 10.1. The summed E-state index contributed by atoms with van der Waals surface area (Å²) in [5.74, 6) is 0.869. The van der Waals surface area contributed by atoms with E-state index in [0.29, 0.717) is 6.42 Å². The van der Waals surface area contributed by atoms with Crippen molar-refractivity contribution in [1.29, 1.82) is 0 Å². The molecule has 0 radical (unpaired) electrons. The van der Waals surface area contributed by atoms with E-state index >= 15 is 0 Å². The Labute approximate surface area is 81.6 Å². The van der Waals surface area contributed by atoms with Crippen molar-refractivity contribution in [3.63, 3.8) is 0 Å². The first-order valence-electron chi connectivity index (χ1n) is 4.32. The van der Waals surface area contributed by atoms with Crippen molar-refractivity contribution in [3.05, 3.63) is 29.8 Å². The molecule has 0 fully saturated rings. The summed E-state index contributed by atoms with van der Waals surface area (Å²) in [5, 5.41) is 19.2. The molecule has 0 amide bonds. The van der Waals surface area contributed by atoms with Gasteiger partial charge in [0, 0.05) is 10.6 Å². The van der Waals surface area contributed by atoms with Crippen molar-refractivity contribution in [2.75, 3.05) is 12.4 Å². The topological polar surface area (TPSA) is 40.5 Å². The standard InChI is InChI=1S/C10H12O2S/c11-7-10(12)5-6-13-9-4-2-1-3-8(9)10/h1-4,11-12H,5-7H2. The fourth-order valence-electron chi connectivity index (χ4n) is 1.61. The first-order chi connectivity index (χ1) is 6.26. The van der Waals surface area contributed by atoms with Gasteiger partial charge in [0.2, 0.25) is 0 Å². The Balaban J connectivity index is 2.48. The third-order valence-electron chi connectivity index (χ3n) is 2.42. The molecule has 1 aromatic rings. The van der Waals surface area contributed by atoms with Crippen LogP contribution in [0.3, 0.4) is 0 Å². The average molecular weight is 196 g/mol. The zero-order valence-electron chi connectivity index (χ0n) is 7.23. The zero-order chi connectivity index (χ0) is 9.31. The van der Waals surface area contributed by atoms with Gasteiger partial charge in [0.15, 0.2) is 0 Å². The number of fused-ring (bicyclic) bond motifs is 1. The van der Waals surface area contributed by atoms with Gasteiger partial charge in [-0.05, 0) is 18.1 Å². The van der Waals surface area contributed by atoms with E-state index in [1.165, 1.54) is 0 Å². The second-order valence-corrected chi connectivity index (χ2v) is 4.42. The molecule has 3 heteroatoms. The average Bonchev–Trinajstić information content (AvgIpc) is 2.19. The van der Waals surface area contributed by atoms with Crippen LogP contribution in [0.1, 0.15) is 12.0 Å². The van der Waals surface area contributed by atoms with Crippen molar-refractivity contribution in [2.24, 2.45) is 0 Å². The lowest BCUT2D eigenvalue weighted by molar-refractivity contribution is -0.0247. The highest BCUT2D eigenvalue weighted by molar-refractivity contribution is 7.99. The lowest BCUT2D eigenvalue weighted by Gasteiger charge is -2.32. The monoisotopic (exact) mass is 196 g/mol. The van der Waals surface area contributed by atoms with Crippen molar-refractivity contribution < 1.29 is 10.2 Å². The molecule has 0 saturated carbocycles. The van der Waals surface area contributed by atoms with E-state index in [9.17, 15) is 5.11 Å². The smallest absolute Gasteiger partial charge is 0.114 e. The molecule has 1 heterocycles.